The number of hydrogen-bond acceptors (Lipinski definition) is 4. The first-order valence-electron chi connectivity index (χ1n) is 7.26. The standard InChI is InChI=1S/C15H22FN3O2/c1-10(9-19-4-2-3-5-19)8-18-14-7-12(16)11(15(20)21)6-13(14)17/h6-7,10,18H,2-5,8-9,17H2,1H3,(H,20,21). The first-order chi connectivity index (χ1) is 9.97. The van der Waals surface area contributed by atoms with E-state index in [4.69, 9.17) is 10.8 Å². The van der Waals surface area contributed by atoms with E-state index in [1.54, 1.807) is 0 Å². The summed E-state index contributed by atoms with van der Waals surface area (Å²) < 4.78 is 13.6. The van der Waals surface area contributed by atoms with Crippen LogP contribution in [0, 0.1) is 11.7 Å². The minimum Gasteiger partial charge on any atom is -0.478 e. The van der Waals surface area contributed by atoms with E-state index in [1.165, 1.54) is 12.8 Å². The Hall–Kier alpha value is -1.82. The van der Waals surface area contributed by atoms with Crippen LogP contribution in [0.3, 0.4) is 0 Å². The van der Waals surface area contributed by atoms with Gasteiger partial charge < -0.3 is 21.1 Å². The van der Waals surface area contributed by atoms with Crippen LogP contribution < -0.4 is 11.1 Å². The van der Waals surface area contributed by atoms with Crippen molar-refractivity contribution < 1.29 is 14.3 Å². The summed E-state index contributed by atoms with van der Waals surface area (Å²) in [6, 6.07) is 2.31. The highest BCUT2D eigenvalue weighted by molar-refractivity contribution is 5.90. The maximum atomic E-state index is 13.6. The lowest BCUT2D eigenvalue weighted by atomic mass is 10.1. The van der Waals surface area contributed by atoms with Gasteiger partial charge in [-0.3, -0.25) is 0 Å². The highest BCUT2D eigenvalue weighted by atomic mass is 19.1. The van der Waals surface area contributed by atoms with Crippen molar-refractivity contribution in [3.63, 3.8) is 0 Å². The molecule has 21 heavy (non-hydrogen) atoms. The zero-order valence-corrected chi connectivity index (χ0v) is 12.2. The van der Waals surface area contributed by atoms with Crippen LogP contribution >= 0.6 is 0 Å². The third kappa shape index (κ3) is 4.07. The quantitative estimate of drug-likeness (QED) is 0.702. The van der Waals surface area contributed by atoms with Gasteiger partial charge in [0.2, 0.25) is 0 Å². The molecule has 0 spiro atoms. The van der Waals surface area contributed by atoms with Gasteiger partial charge in [0.05, 0.1) is 16.9 Å². The molecule has 1 aromatic carbocycles. The molecule has 2 rings (SSSR count). The molecule has 1 atom stereocenters. The van der Waals surface area contributed by atoms with Gasteiger partial charge in [-0.2, -0.15) is 0 Å². The summed E-state index contributed by atoms with van der Waals surface area (Å²) in [4.78, 5) is 13.2. The Morgan fingerprint density at radius 3 is 2.76 bits per heavy atom. The molecule has 1 aliphatic heterocycles. The second-order valence-corrected chi connectivity index (χ2v) is 5.72. The monoisotopic (exact) mass is 295 g/mol. The van der Waals surface area contributed by atoms with E-state index in [2.05, 4.69) is 17.1 Å². The molecule has 5 nitrogen and oxygen atoms in total. The van der Waals surface area contributed by atoms with Crippen molar-refractivity contribution in [1.29, 1.82) is 0 Å². The Balaban J connectivity index is 1.93. The number of likely N-dealkylation sites (tertiary alicyclic amines) is 1. The van der Waals surface area contributed by atoms with Gasteiger partial charge in [-0.25, -0.2) is 9.18 Å². The highest BCUT2D eigenvalue weighted by Gasteiger charge is 2.16. The minimum absolute atomic E-state index is 0.252. The number of nitrogen functional groups attached to an aromatic ring is 1. The summed E-state index contributed by atoms with van der Waals surface area (Å²) in [5.74, 6) is -1.68. The van der Waals surface area contributed by atoms with E-state index >= 15 is 0 Å². The molecule has 1 heterocycles. The third-order valence-corrected chi connectivity index (χ3v) is 3.78. The fourth-order valence-corrected chi connectivity index (χ4v) is 2.66. The van der Waals surface area contributed by atoms with E-state index < -0.39 is 17.3 Å². The van der Waals surface area contributed by atoms with Crippen molar-refractivity contribution in [2.24, 2.45) is 5.92 Å². The predicted octanol–water partition coefficient (Wildman–Crippen LogP) is 2.25. The molecular formula is C15H22FN3O2. The number of carbonyl (C=O) groups is 1. The van der Waals surface area contributed by atoms with Crippen molar-refractivity contribution in [3.05, 3.63) is 23.5 Å². The first-order valence-corrected chi connectivity index (χ1v) is 7.26. The van der Waals surface area contributed by atoms with Crippen LogP contribution in [0.2, 0.25) is 0 Å². The molecule has 1 unspecified atom stereocenters. The molecule has 0 aromatic heterocycles. The molecule has 1 fully saturated rings. The van der Waals surface area contributed by atoms with Crippen molar-refractivity contribution in [2.45, 2.75) is 19.8 Å². The van der Waals surface area contributed by atoms with Crippen LogP contribution in [0.25, 0.3) is 0 Å². The molecule has 1 aromatic rings. The normalized spacial score (nSPS) is 16.9. The van der Waals surface area contributed by atoms with Crippen LogP contribution in [0.4, 0.5) is 15.8 Å². The van der Waals surface area contributed by atoms with Gasteiger partial charge in [0.15, 0.2) is 0 Å². The average Bonchev–Trinajstić information content (AvgIpc) is 2.91. The van der Waals surface area contributed by atoms with Gasteiger partial charge >= 0.3 is 5.97 Å². The number of nitrogens with two attached hydrogens (primary N) is 1. The number of anilines is 2. The van der Waals surface area contributed by atoms with E-state index in [0.717, 1.165) is 31.8 Å². The largest absolute Gasteiger partial charge is 0.478 e. The summed E-state index contributed by atoms with van der Waals surface area (Å²) in [6.07, 6.45) is 2.52. The number of carboxylic acid groups (broad SMARTS) is 1. The highest BCUT2D eigenvalue weighted by Crippen LogP contribution is 2.23. The Labute approximate surface area is 123 Å². The van der Waals surface area contributed by atoms with Crippen molar-refractivity contribution in [2.75, 3.05) is 37.2 Å². The molecule has 0 radical (unpaired) electrons. The van der Waals surface area contributed by atoms with Gasteiger partial charge in [0.1, 0.15) is 5.82 Å². The lowest BCUT2D eigenvalue weighted by molar-refractivity contribution is 0.0692. The third-order valence-electron chi connectivity index (χ3n) is 3.78. The summed E-state index contributed by atoms with van der Waals surface area (Å²) in [6.45, 7) is 6.10. The molecule has 6 heteroatoms. The fraction of sp³-hybridized carbons (Fsp3) is 0.533. The van der Waals surface area contributed by atoms with Crippen LogP contribution in [0.1, 0.15) is 30.1 Å². The van der Waals surface area contributed by atoms with E-state index in [0.29, 0.717) is 18.2 Å². The van der Waals surface area contributed by atoms with Crippen molar-refractivity contribution >= 4 is 17.3 Å². The van der Waals surface area contributed by atoms with Crippen LogP contribution in [0.5, 0.6) is 0 Å². The topological polar surface area (TPSA) is 78.6 Å². The summed E-state index contributed by atoms with van der Waals surface area (Å²) in [7, 11) is 0. The molecule has 0 aliphatic carbocycles. The number of carboxylic acids is 1. The molecule has 0 amide bonds. The molecule has 1 saturated heterocycles. The predicted molar refractivity (Wildman–Crippen MR) is 81.1 cm³/mol. The van der Waals surface area contributed by atoms with Gasteiger partial charge in [-0.15, -0.1) is 0 Å². The Kier molecular flexibility index (Phi) is 5.01. The van der Waals surface area contributed by atoms with Crippen LogP contribution in [-0.2, 0) is 0 Å². The summed E-state index contributed by atoms with van der Waals surface area (Å²) in [5.41, 5.74) is 6.08. The number of halogens is 1. The number of nitrogens with one attached hydrogen (secondary N) is 1. The lowest BCUT2D eigenvalue weighted by Gasteiger charge is -2.21. The van der Waals surface area contributed by atoms with Crippen LogP contribution in [0.15, 0.2) is 12.1 Å². The molecular weight excluding hydrogens is 273 g/mol. The second-order valence-electron chi connectivity index (χ2n) is 5.72. The van der Waals surface area contributed by atoms with Gasteiger partial charge in [0.25, 0.3) is 0 Å². The zero-order chi connectivity index (χ0) is 15.4. The Morgan fingerprint density at radius 2 is 2.14 bits per heavy atom. The van der Waals surface area contributed by atoms with Gasteiger partial charge in [-0.05, 0) is 44.0 Å². The fourth-order valence-electron chi connectivity index (χ4n) is 2.66. The maximum absolute atomic E-state index is 13.6. The second kappa shape index (κ2) is 6.76. The van der Waals surface area contributed by atoms with Crippen LogP contribution in [-0.4, -0.2) is 42.2 Å². The number of hydrogen-bond donors (Lipinski definition) is 3. The Bertz CT molecular complexity index is 516. The molecule has 0 saturated carbocycles. The average molecular weight is 295 g/mol. The summed E-state index contributed by atoms with van der Waals surface area (Å²) >= 11 is 0. The number of benzene rings is 1. The van der Waals surface area contributed by atoms with E-state index in [9.17, 15) is 9.18 Å². The molecule has 1 aliphatic rings. The maximum Gasteiger partial charge on any atom is 0.338 e. The van der Waals surface area contributed by atoms with Gasteiger partial charge in [0, 0.05) is 13.1 Å². The molecule has 4 N–H and O–H groups in total. The minimum atomic E-state index is -1.31. The summed E-state index contributed by atoms with van der Waals surface area (Å²) in [5, 5.41) is 11.9. The first kappa shape index (κ1) is 15.6. The number of nitrogens with zero attached hydrogens (tertiary/aromatic N) is 1. The lowest BCUT2D eigenvalue weighted by Crippen LogP contribution is -2.29. The van der Waals surface area contributed by atoms with E-state index in [-0.39, 0.29) is 5.69 Å². The zero-order valence-electron chi connectivity index (χ0n) is 12.2. The SMILES string of the molecule is CC(CNc1cc(F)c(C(=O)O)cc1N)CN1CCCC1. The Morgan fingerprint density at radius 1 is 1.48 bits per heavy atom. The van der Waals surface area contributed by atoms with Gasteiger partial charge in [-0.1, -0.05) is 6.92 Å². The van der Waals surface area contributed by atoms with E-state index in [1.807, 2.05) is 0 Å². The van der Waals surface area contributed by atoms with Crippen molar-refractivity contribution in [3.8, 4) is 0 Å². The van der Waals surface area contributed by atoms with Crippen molar-refractivity contribution in [1.82, 2.24) is 4.90 Å². The molecule has 116 valence electrons. The number of rotatable bonds is 6. The number of aromatic carboxylic acids is 1. The smallest absolute Gasteiger partial charge is 0.338 e. The molecule has 0 bridgehead atoms.